The van der Waals surface area contributed by atoms with Crippen LogP contribution in [0.3, 0.4) is 0 Å². The van der Waals surface area contributed by atoms with E-state index in [9.17, 15) is 4.79 Å². The van der Waals surface area contributed by atoms with E-state index in [0.29, 0.717) is 18.6 Å². The van der Waals surface area contributed by atoms with E-state index >= 15 is 0 Å². The van der Waals surface area contributed by atoms with E-state index in [-0.39, 0.29) is 6.09 Å². The van der Waals surface area contributed by atoms with Crippen LogP contribution in [-0.2, 0) is 17.8 Å². The van der Waals surface area contributed by atoms with Gasteiger partial charge in [0.25, 0.3) is 0 Å². The molecule has 5 heterocycles. The van der Waals surface area contributed by atoms with Gasteiger partial charge in [-0.15, -0.1) is 0 Å². The number of hydrogen-bond donors (Lipinski definition) is 0. The SMILES string of the molecule is CC(C)(C)OC(=O)N1CCC2(CC1)CN(Cc1ccc(-c3nc4n(c3-c3ccccc3)CCOc3cnccc3-4)cc1)C2. The highest BCUT2D eigenvalue weighted by Crippen LogP contribution is 2.42. The Morgan fingerprint density at radius 1 is 0.953 bits per heavy atom. The topological polar surface area (TPSA) is 72.7 Å². The van der Waals surface area contributed by atoms with Crippen molar-refractivity contribution in [3.05, 3.63) is 78.6 Å². The molecule has 2 aromatic heterocycles. The third-order valence-electron chi connectivity index (χ3n) is 8.84. The first-order valence-corrected chi connectivity index (χ1v) is 15.3. The van der Waals surface area contributed by atoms with Gasteiger partial charge in [0.15, 0.2) is 0 Å². The van der Waals surface area contributed by atoms with E-state index in [1.165, 1.54) is 5.56 Å². The second-order valence-corrected chi connectivity index (χ2v) is 13.2. The molecule has 0 radical (unpaired) electrons. The van der Waals surface area contributed by atoms with E-state index < -0.39 is 5.60 Å². The van der Waals surface area contributed by atoms with Crippen molar-refractivity contribution in [3.8, 4) is 39.7 Å². The molecule has 8 nitrogen and oxygen atoms in total. The Bertz CT molecular complexity index is 1610. The van der Waals surface area contributed by atoms with Crippen molar-refractivity contribution in [1.29, 1.82) is 0 Å². The molecule has 222 valence electrons. The summed E-state index contributed by atoms with van der Waals surface area (Å²) in [6.07, 6.45) is 5.48. The second kappa shape index (κ2) is 10.8. The summed E-state index contributed by atoms with van der Waals surface area (Å²) in [5.41, 5.74) is 6.49. The zero-order chi connectivity index (χ0) is 29.6. The van der Waals surface area contributed by atoms with Crippen molar-refractivity contribution in [2.24, 2.45) is 5.41 Å². The summed E-state index contributed by atoms with van der Waals surface area (Å²) < 4.78 is 13.9. The Kier molecular flexibility index (Phi) is 6.96. The Balaban J connectivity index is 1.06. The van der Waals surface area contributed by atoms with Crippen LogP contribution in [-0.4, -0.2) is 68.8 Å². The number of ether oxygens (including phenoxy) is 2. The molecule has 0 atom stereocenters. The largest absolute Gasteiger partial charge is 0.489 e. The van der Waals surface area contributed by atoms with E-state index in [0.717, 1.165) is 85.2 Å². The monoisotopic (exact) mass is 577 g/mol. The molecular weight excluding hydrogens is 538 g/mol. The number of piperidine rings is 1. The van der Waals surface area contributed by atoms with Gasteiger partial charge in [0.2, 0.25) is 0 Å². The summed E-state index contributed by atoms with van der Waals surface area (Å²) in [4.78, 5) is 26.4. The number of pyridine rings is 1. The van der Waals surface area contributed by atoms with Crippen molar-refractivity contribution in [2.75, 3.05) is 32.8 Å². The molecule has 0 saturated carbocycles. The molecule has 3 aliphatic rings. The van der Waals surface area contributed by atoms with E-state index in [1.807, 2.05) is 37.8 Å². The normalized spacial score (nSPS) is 17.8. The highest BCUT2D eigenvalue weighted by molar-refractivity contribution is 5.83. The number of nitrogens with zero attached hydrogens (tertiary/aromatic N) is 5. The summed E-state index contributed by atoms with van der Waals surface area (Å²) in [6.45, 7) is 11.7. The fraction of sp³-hybridized carbons (Fsp3) is 0.400. The van der Waals surface area contributed by atoms with Crippen LogP contribution in [0.2, 0.25) is 0 Å². The average Bonchev–Trinajstić information content (AvgIpc) is 3.26. The van der Waals surface area contributed by atoms with Gasteiger partial charge in [-0.3, -0.25) is 9.88 Å². The molecule has 0 unspecified atom stereocenters. The molecule has 2 saturated heterocycles. The summed E-state index contributed by atoms with van der Waals surface area (Å²) in [6, 6.07) is 21.4. The van der Waals surface area contributed by atoms with Crippen molar-refractivity contribution in [1.82, 2.24) is 24.3 Å². The van der Waals surface area contributed by atoms with Crippen LogP contribution in [0, 0.1) is 5.41 Å². The lowest BCUT2D eigenvalue weighted by molar-refractivity contribution is -0.0550. The van der Waals surface area contributed by atoms with Gasteiger partial charge in [-0.1, -0.05) is 54.6 Å². The third kappa shape index (κ3) is 5.52. The highest BCUT2D eigenvalue weighted by atomic mass is 16.6. The van der Waals surface area contributed by atoms with Crippen LogP contribution in [0.5, 0.6) is 5.75 Å². The van der Waals surface area contributed by atoms with Crippen LogP contribution in [0.15, 0.2) is 73.1 Å². The molecule has 0 bridgehead atoms. The Morgan fingerprint density at radius 3 is 2.42 bits per heavy atom. The van der Waals surface area contributed by atoms with Crippen molar-refractivity contribution in [2.45, 2.75) is 52.3 Å². The molecule has 0 aliphatic carbocycles. The standard InChI is InChI=1S/C35H39N5O3/c1-34(2,3)43-33(41)39-17-14-35(15-18-39)23-38(24-35)22-25-9-11-26(12-10-25)30-31(27-7-5-4-6-8-27)40-19-20-42-29-21-36-16-13-28(29)32(40)37-30/h4-13,16,21H,14-15,17-20,22-24H2,1-3H3. The lowest BCUT2D eigenvalue weighted by Gasteiger charge is -2.54. The molecule has 2 fully saturated rings. The average molecular weight is 578 g/mol. The Hall–Kier alpha value is -4.17. The number of rotatable bonds is 4. The summed E-state index contributed by atoms with van der Waals surface area (Å²) in [5, 5.41) is 0. The number of benzene rings is 2. The predicted octanol–water partition coefficient (Wildman–Crippen LogP) is 6.50. The number of hydrogen-bond acceptors (Lipinski definition) is 6. The lowest BCUT2D eigenvalue weighted by Crippen LogP contribution is -2.60. The van der Waals surface area contributed by atoms with Gasteiger partial charge < -0.3 is 18.9 Å². The minimum Gasteiger partial charge on any atom is -0.489 e. The van der Waals surface area contributed by atoms with Crippen LogP contribution in [0.25, 0.3) is 33.9 Å². The third-order valence-corrected chi connectivity index (χ3v) is 8.84. The fourth-order valence-corrected chi connectivity index (χ4v) is 6.74. The first kappa shape index (κ1) is 27.7. The van der Waals surface area contributed by atoms with E-state index in [1.54, 1.807) is 12.4 Å². The van der Waals surface area contributed by atoms with Crippen molar-refractivity contribution in [3.63, 3.8) is 0 Å². The number of fused-ring (bicyclic) bond motifs is 3. The molecule has 3 aliphatic heterocycles. The minimum atomic E-state index is -0.452. The number of amides is 1. The zero-order valence-electron chi connectivity index (χ0n) is 25.3. The second-order valence-electron chi connectivity index (χ2n) is 13.2. The Labute approximate surface area is 253 Å². The summed E-state index contributed by atoms with van der Waals surface area (Å²) in [5.74, 6) is 1.69. The maximum Gasteiger partial charge on any atom is 0.410 e. The summed E-state index contributed by atoms with van der Waals surface area (Å²) >= 11 is 0. The number of likely N-dealkylation sites (tertiary alicyclic amines) is 2. The van der Waals surface area contributed by atoms with Crippen LogP contribution >= 0.6 is 0 Å². The fourth-order valence-electron chi connectivity index (χ4n) is 6.74. The molecule has 7 rings (SSSR count). The first-order chi connectivity index (χ1) is 20.8. The number of carbonyl (C=O) groups is 1. The van der Waals surface area contributed by atoms with E-state index in [2.05, 4.69) is 63.0 Å². The van der Waals surface area contributed by atoms with Gasteiger partial charge in [-0.2, -0.15) is 0 Å². The quantitative estimate of drug-likeness (QED) is 0.276. The zero-order valence-corrected chi connectivity index (χ0v) is 25.3. The number of aromatic nitrogens is 3. The highest BCUT2D eigenvalue weighted by Gasteiger charge is 2.45. The lowest BCUT2D eigenvalue weighted by atomic mass is 9.72. The molecule has 4 aromatic rings. The van der Waals surface area contributed by atoms with Gasteiger partial charge in [0, 0.05) is 50.0 Å². The van der Waals surface area contributed by atoms with Crippen molar-refractivity contribution < 1.29 is 14.3 Å². The van der Waals surface area contributed by atoms with Gasteiger partial charge in [0.05, 0.1) is 29.7 Å². The predicted molar refractivity (Wildman–Crippen MR) is 167 cm³/mol. The maximum atomic E-state index is 12.5. The van der Waals surface area contributed by atoms with Gasteiger partial charge >= 0.3 is 6.09 Å². The van der Waals surface area contributed by atoms with Crippen LogP contribution < -0.4 is 4.74 Å². The van der Waals surface area contributed by atoms with Crippen molar-refractivity contribution >= 4 is 6.09 Å². The maximum absolute atomic E-state index is 12.5. The van der Waals surface area contributed by atoms with Gasteiger partial charge in [-0.05, 0) is 50.7 Å². The number of imidazole rings is 1. The van der Waals surface area contributed by atoms with E-state index in [4.69, 9.17) is 14.5 Å². The van der Waals surface area contributed by atoms with Gasteiger partial charge in [0.1, 0.15) is 23.8 Å². The smallest absolute Gasteiger partial charge is 0.410 e. The molecule has 1 spiro atoms. The molecular formula is C35H39N5O3. The summed E-state index contributed by atoms with van der Waals surface area (Å²) in [7, 11) is 0. The molecule has 8 heteroatoms. The number of carbonyl (C=O) groups excluding carboxylic acids is 1. The molecule has 0 N–H and O–H groups in total. The molecule has 2 aromatic carbocycles. The van der Waals surface area contributed by atoms with Crippen LogP contribution in [0.1, 0.15) is 39.2 Å². The molecule has 43 heavy (non-hydrogen) atoms. The van der Waals surface area contributed by atoms with Gasteiger partial charge in [-0.25, -0.2) is 9.78 Å². The molecule has 1 amide bonds. The minimum absolute atomic E-state index is 0.183. The first-order valence-electron chi connectivity index (χ1n) is 15.3. The van der Waals surface area contributed by atoms with Crippen LogP contribution in [0.4, 0.5) is 4.79 Å². The Morgan fingerprint density at radius 2 is 1.70 bits per heavy atom.